The second-order valence-electron chi connectivity index (χ2n) is 6.74. The van der Waals surface area contributed by atoms with Gasteiger partial charge in [0.05, 0.1) is 22.8 Å². The third-order valence-electron chi connectivity index (χ3n) is 4.49. The molecule has 0 radical (unpaired) electrons. The Bertz CT molecular complexity index is 1210. The summed E-state index contributed by atoms with van der Waals surface area (Å²) in [6.07, 6.45) is -5.37. The van der Waals surface area contributed by atoms with Crippen molar-refractivity contribution in [1.82, 2.24) is 0 Å². The summed E-state index contributed by atoms with van der Waals surface area (Å²) in [5.74, 6) is -3.22. The molecular formula is C20H18F4N2O4S. The SMILES string of the molecule is [2H]OC(CC)(CS(=O)(=O)c1ccc(F)cc1C)C(=O)N([2H])c1ccc([N+]#[C-])c(C(F)(F)F)c1. The number of nitrogens with zero attached hydrogens (tertiary/aromatic N) is 1. The normalized spacial score (nSPS) is 14.7. The van der Waals surface area contributed by atoms with E-state index < -0.39 is 62.5 Å². The minimum atomic E-state index is -4.95. The van der Waals surface area contributed by atoms with Gasteiger partial charge in [0.1, 0.15) is 5.82 Å². The van der Waals surface area contributed by atoms with Crippen LogP contribution in [0.15, 0.2) is 41.3 Å². The molecule has 2 aromatic rings. The van der Waals surface area contributed by atoms with Gasteiger partial charge in [0.15, 0.2) is 22.5 Å². The zero-order valence-corrected chi connectivity index (χ0v) is 17.1. The minimum Gasteiger partial charge on any atom is -0.379 e. The van der Waals surface area contributed by atoms with Crippen molar-refractivity contribution in [2.75, 3.05) is 11.1 Å². The van der Waals surface area contributed by atoms with Crippen LogP contribution >= 0.6 is 0 Å². The summed E-state index contributed by atoms with van der Waals surface area (Å²) in [6.45, 7) is 9.48. The predicted molar refractivity (Wildman–Crippen MR) is 105 cm³/mol. The molecule has 1 unspecified atom stereocenters. The fraction of sp³-hybridized carbons (Fsp3) is 0.300. The minimum absolute atomic E-state index is 0.00591. The third kappa shape index (κ3) is 5.39. The first-order valence-corrected chi connectivity index (χ1v) is 10.4. The molecule has 0 aliphatic carbocycles. The lowest BCUT2D eigenvalue weighted by atomic mass is 10.0. The van der Waals surface area contributed by atoms with Crippen molar-refractivity contribution in [3.8, 4) is 0 Å². The van der Waals surface area contributed by atoms with Crippen LogP contribution in [0.1, 0.15) is 24.5 Å². The first-order valence-electron chi connectivity index (χ1n) is 9.63. The number of rotatable bonds is 7. The second kappa shape index (κ2) is 8.64. The molecule has 31 heavy (non-hydrogen) atoms. The number of sulfone groups is 1. The van der Waals surface area contributed by atoms with Crippen LogP contribution in [-0.4, -0.2) is 32.2 Å². The summed E-state index contributed by atoms with van der Waals surface area (Å²) in [6, 6.07) is 4.92. The van der Waals surface area contributed by atoms with Gasteiger partial charge in [0.25, 0.3) is 5.91 Å². The molecule has 2 aromatic carbocycles. The Labute approximate surface area is 179 Å². The number of anilines is 1. The van der Waals surface area contributed by atoms with Gasteiger partial charge in [-0.3, -0.25) is 4.79 Å². The zero-order chi connectivity index (χ0) is 25.2. The molecule has 0 aliphatic heterocycles. The Morgan fingerprint density at radius 3 is 2.48 bits per heavy atom. The van der Waals surface area contributed by atoms with Crippen molar-refractivity contribution in [1.29, 1.82) is 1.43 Å². The van der Waals surface area contributed by atoms with Gasteiger partial charge in [-0.1, -0.05) is 13.0 Å². The van der Waals surface area contributed by atoms with Gasteiger partial charge in [-0.2, -0.15) is 13.2 Å². The van der Waals surface area contributed by atoms with Crippen molar-refractivity contribution in [3.05, 3.63) is 64.8 Å². The van der Waals surface area contributed by atoms with Crippen LogP contribution in [0, 0.1) is 19.3 Å². The molecule has 6 nitrogen and oxygen atoms in total. The smallest absolute Gasteiger partial charge is 0.379 e. The number of halogens is 4. The van der Waals surface area contributed by atoms with Crippen molar-refractivity contribution in [3.63, 3.8) is 0 Å². The molecule has 2 N–H and O–H groups in total. The summed E-state index contributed by atoms with van der Waals surface area (Å²) < 4.78 is 94.4. The highest BCUT2D eigenvalue weighted by atomic mass is 32.2. The molecule has 166 valence electrons. The van der Waals surface area contributed by atoms with Crippen LogP contribution in [0.25, 0.3) is 4.85 Å². The fourth-order valence-corrected chi connectivity index (χ4v) is 4.72. The van der Waals surface area contributed by atoms with E-state index in [4.69, 9.17) is 9.42 Å². The van der Waals surface area contributed by atoms with Crippen LogP contribution in [0.2, 0.25) is 1.41 Å². The topological polar surface area (TPSA) is 87.8 Å². The van der Waals surface area contributed by atoms with Gasteiger partial charge in [-0.25, -0.2) is 17.7 Å². The maximum Gasteiger partial charge on any atom is 0.407 e. The van der Waals surface area contributed by atoms with Gasteiger partial charge < -0.3 is 10.4 Å². The standard InChI is InChI=1S/C20H18F4N2O4S/c1-4-19(28,11-31(29,30)17-8-5-13(21)9-12(17)2)18(27)26-14-6-7-16(25-3)15(10-14)20(22,23)24/h5-10,28H,4,11H2,1-2H3,(H,26,27)/i28D/hD. The lowest BCUT2D eigenvalue weighted by Gasteiger charge is -2.26. The van der Waals surface area contributed by atoms with E-state index in [0.717, 1.165) is 30.3 Å². The van der Waals surface area contributed by atoms with Gasteiger partial charge in [0, 0.05) is 5.69 Å². The molecule has 0 aliphatic rings. The van der Waals surface area contributed by atoms with E-state index in [9.17, 15) is 30.8 Å². The molecule has 0 saturated carbocycles. The van der Waals surface area contributed by atoms with Crippen LogP contribution in [0.3, 0.4) is 0 Å². The first-order chi connectivity index (χ1) is 15.2. The Balaban J connectivity index is 2.50. The Hall–Kier alpha value is -2.97. The van der Waals surface area contributed by atoms with Crippen LogP contribution in [-0.2, 0) is 20.8 Å². The van der Waals surface area contributed by atoms with Crippen molar-refractivity contribution in [2.24, 2.45) is 0 Å². The number of aliphatic hydroxyl groups is 1. The highest BCUT2D eigenvalue weighted by molar-refractivity contribution is 7.91. The summed E-state index contributed by atoms with van der Waals surface area (Å²) in [5, 5.41) is 4.46. The van der Waals surface area contributed by atoms with Gasteiger partial charge in [-0.15, -0.1) is 0 Å². The van der Waals surface area contributed by atoms with E-state index in [1.165, 1.54) is 13.8 Å². The van der Waals surface area contributed by atoms with Crippen LogP contribution in [0.5, 0.6) is 0 Å². The molecule has 0 bridgehead atoms. The van der Waals surface area contributed by atoms with E-state index in [1.807, 2.05) is 0 Å². The third-order valence-corrected chi connectivity index (χ3v) is 6.47. The molecule has 1 amide bonds. The number of hydrogen-bond acceptors (Lipinski definition) is 4. The number of aryl methyl sites for hydroxylation is 1. The molecule has 0 aromatic heterocycles. The number of nitrogens with one attached hydrogen (secondary N) is 1. The highest BCUT2D eigenvalue weighted by Crippen LogP contribution is 2.38. The summed E-state index contributed by atoms with van der Waals surface area (Å²) in [5.41, 5.74) is -5.16. The molecule has 0 fully saturated rings. The van der Waals surface area contributed by atoms with Crippen molar-refractivity contribution < 1.29 is 37.3 Å². The number of carbonyl (C=O) groups excluding carboxylic acids is 1. The first kappa shape index (κ1) is 21.3. The number of alkyl halides is 3. The Kier molecular flexibility index (Phi) is 5.93. The molecule has 0 heterocycles. The quantitative estimate of drug-likeness (QED) is 0.367. The molecule has 2 rings (SSSR count). The lowest BCUT2D eigenvalue weighted by molar-refractivity contribution is -0.137. The van der Waals surface area contributed by atoms with E-state index in [2.05, 4.69) is 9.95 Å². The van der Waals surface area contributed by atoms with E-state index >= 15 is 0 Å². The number of benzene rings is 2. The molecule has 1 atom stereocenters. The Morgan fingerprint density at radius 1 is 1.29 bits per heavy atom. The van der Waals surface area contributed by atoms with Crippen molar-refractivity contribution in [2.45, 2.75) is 36.9 Å². The number of hydrogen-bond donors (Lipinski definition) is 2. The zero-order valence-electron chi connectivity index (χ0n) is 18.3. The predicted octanol–water partition coefficient (Wildman–Crippen LogP) is 4.26. The van der Waals surface area contributed by atoms with Gasteiger partial charge in [-0.05, 0) is 49.2 Å². The fourth-order valence-electron chi connectivity index (χ4n) is 2.80. The summed E-state index contributed by atoms with van der Waals surface area (Å²) >= 11 is 0. The molecular weight excluding hydrogens is 440 g/mol. The highest BCUT2D eigenvalue weighted by Gasteiger charge is 2.40. The molecule has 11 heteroatoms. The Morgan fingerprint density at radius 2 is 1.97 bits per heavy atom. The monoisotopic (exact) mass is 460 g/mol. The maximum absolute atomic E-state index is 13.4. The van der Waals surface area contributed by atoms with E-state index in [1.54, 1.807) is 0 Å². The van der Waals surface area contributed by atoms with Gasteiger partial charge in [0.2, 0.25) is 1.43 Å². The molecule has 0 saturated heterocycles. The second-order valence-corrected chi connectivity index (χ2v) is 8.70. The average molecular weight is 460 g/mol. The maximum atomic E-state index is 13.4. The number of carbonyl (C=O) groups is 1. The lowest BCUT2D eigenvalue weighted by Crippen LogP contribution is -2.48. The van der Waals surface area contributed by atoms with E-state index in [0.29, 0.717) is 6.07 Å². The van der Waals surface area contributed by atoms with Crippen molar-refractivity contribution >= 4 is 27.1 Å². The largest absolute Gasteiger partial charge is 0.407 e. The molecule has 0 spiro atoms. The summed E-state index contributed by atoms with van der Waals surface area (Å²) in [7, 11) is -4.35. The average Bonchev–Trinajstić information content (AvgIpc) is 2.75. The van der Waals surface area contributed by atoms with E-state index in [-0.39, 0.29) is 15.8 Å². The van der Waals surface area contributed by atoms with Crippen LogP contribution in [0.4, 0.5) is 28.9 Å². The number of amides is 1. The van der Waals surface area contributed by atoms with Gasteiger partial charge >= 0.3 is 6.18 Å². The summed E-state index contributed by atoms with van der Waals surface area (Å²) in [4.78, 5) is 15.5. The van der Waals surface area contributed by atoms with Crippen LogP contribution < -0.4 is 5.31 Å².